The molecule has 1 heterocycles. The molecule has 1 atom stereocenters. The highest BCUT2D eigenvalue weighted by molar-refractivity contribution is 5.97. The Hall–Kier alpha value is -1.63. The number of hydrogen-bond acceptors (Lipinski definition) is 4. The fraction of sp³-hybridized carbons (Fsp3) is 0.600. The van der Waals surface area contributed by atoms with Crippen LogP contribution in [0.5, 0.6) is 0 Å². The first kappa shape index (κ1) is 21.7. The summed E-state index contributed by atoms with van der Waals surface area (Å²) in [5, 5.41) is 5.95. The van der Waals surface area contributed by atoms with Crippen LogP contribution in [0.15, 0.2) is 24.3 Å². The summed E-state index contributed by atoms with van der Waals surface area (Å²) in [6.07, 6.45) is 7.38. The quantitative estimate of drug-likeness (QED) is 0.714. The highest BCUT2D eigenvalue weighted by Crippen LogP contribution is 2.20. The Morgan fingerprint density at radius 3 is 2.26 bits per heavy atom. The number of amides is 2. The van der Waals surface area contributed by atoms with Gasteiger partial charge in [0.2, 0.25) is 5.91 Å². The van der Waals surface area contributed by atoms with Gasteiger partial charge in [-0.1, -0.05) is 19.3 Å². The number of carbonyl (C=O) groups excluding carboxylic acids is 2. The Balaban J connectivity index is 0.00000261. The van der Waals surface area contributed by atoms with Crippen molar-refractivity contribution < 1.29 is 14.3 Å². The summed E-state index contributed by atoms with van der Waals surface area (Å²) in [7, 11) is 0. The Kier molecular flexibility index (Phi) is 8.54. The standard InChI is InChI=1S/C20H29N3O3.ClH/c21-18(14-10-12-26-13-11-14)20(25)23-17-8-6-15(7-9-17)19(24)22-16-4-2-1-3-5-16;/h6-9,14,16,18H,1-5,10-13,21H2,(H,22,24)(H,23,25);1H. The number of anilines is 1. The molecule has 7 heteroatoms. The van der Waals surface area contributed by atoms with Crippen LogP contribution >= 0.6 is 12.4 Å². The van der Waals surface area contributed by atoms with Gasteiger partial charge in [0.05, 0.1) is 6.04 Å². The molecule has 1 saturated carbocycles. The van der Waals surface area contributed by atoms with Crippen molar-refractivity contribution >= 4 is 29.9 Å². The molecule has 1 aromatic rings. The number of nitrogens with two attached hydrogens (primary N) is 1. The van der Waals surface area contributed by atoms with Crippen LogP contribution < -0.4 is 16.4 Å². The van der Waals surface area contributed by atoms with Crippen LogP contribution in [0.25, 0.3) is 0 Å². The molecule has 0 spiro atoms. The first-order chi connectivity index (χ1) is 12.6. The predicted octanol–water partition coefficient (Wildman–Crippen LogP) is 2.86. The molecule has 3 rings (SSSR count). The van der Waals surface area contributed by atoms with Gasteiger partial charge in [0, 0.05) is 30.5 Å². The van der Waals surface area contributed by atoms with E-state index in [0.717, 1.165) is 25.7 Å². The van der Waals surface area contributed by atoms with Crippen molar-refractivity contribution in [3.63, 3.8) is 0 Å². The Bertz CT molecular complexity index is 611. The smallest absolute Gasteiger partial charge is 0.251 e. The second-order valence-corrected chi connectivity index (χ2v) is 7.35. The average Bonchev–Trinajstić information content (AvgIpc) is 2.69. The first-order valence-corrected chi connectivity index (χ1v) is 9.68. The lowest BCUT2D eigenvalue weighted by molar-refractivity contribution is -0.119. The van der Waals surface area contributed by atoms with Crippen LogP contribution in [-0.4, -0.2) is 37.1 Å². The lowest BCUT2D eigenvalue weighted by atomic mass is 9.92. The third-order valence-electron chi connectivity index (χ3n) is 5.43. The number of carbonyl (C=O) groups is 2. The van der Waals surface area contributed by atoms with Gasteiger partial charge in [-0.2, -0.15) is 0 Å². The third-order valence-corrected chi connectivity index (χ3v) is 5.43. The zero-order valence-electron chi connectivity index (χ0n) is 15.6. The summed E-state index contributed by atoms with van der Waals surface area (Å²) in [5.74, 6) is -0.0747. The molecule has 0 radical (unpaired) electrons. The molecule has 1 saturated heterocycles. The Labute approximate surface area is 167 Å². The molecule has 1 aliphatic heterocycles. The molecule has 2 amide bonds. The number of benzene rings is 1. The fourth-order valence-electron chi connectivity index (χ4n) is 3.74. The molecule has 2 aliphatic rings. The van der Waals surface area contributed by atoms with Crippen molar-refractivity contribution in [2.45, 2.75) is 57.0 Å². The van der Waals surface area contributed by atoms with E-state index in [2.05, 4.69) is 10.6 Å². The molecule has 150 valence electrons. The summed E-state index contributed by atoms with van der Waals surface area (Å²) in [4.78, 5) is 24.7. The Morgan fingerprint density at radius 1 is 1.00 bits per heavy atom. The van der Waals surface area contributed by atoms with E-state index in [9.17, 15) is 9.59 Å². The molecule has 4 N–H and O–H groups in total. The zero-order valence-corrected chi connectivity index (χ0v) is 16.4. The number of nitrogens with one attached hydrogen (secondary N) is 2. The third kappa shape index (κ3) is 6.19. The van der Waals surface area contributed by atoms with Crippen molar-refractivity contribution in [1.29, 1.82) is 0 Å². The first-order valence-electron chi connectivity index (χ1n) is 9.68. The van der Waals surface area contributed by atoms with Crippen LogP contribution in [0, 0.1) is 5.92 Å². The summed E-state index contributed by atoms with van der Waals surface area (Å²) >= 11 is 0. The van der Waals surface area contributed by atoms with Crippen molar-refractivity contribution in [3.05, 3.63) is 29.8 Å². The molecule has 6 nitrogen and oxygen atoms in total. The minimum Gasteiger partial charge on any atom is -0.381 e. The van der Waals surface area contributed by atoms with Crippen molar-refractivity contribution in [3.8, 4) is 0 Å². The van der Waals surface area contributed by atoms with E-state index < -0.39 is 6.04 Å². The summed E-state index contributed by atoms with van der Waals surface area (Å²) in [6.45, 7) is 1.33. The van der Waals surface area contributed by atoms with Gasteiger partial charge in [-0.15, -0.1) is 12.4 Å². The second-order valence-electron chi connectivity index (χ2n) is 7.35. The van der Waals surface area contributed by atoms with Crippen LogP contribution in [0.4, 0.5) is 5.69 Å². The van der Waals surface area contributed by atoms with Crippen molar-refractivity contribution in [2.24, 2.45) is 11.7 Å². The molecule has 1 aliphatic carbocycles. The van der Waals surface area contributed by atoms with Crippen LogP contribution in [0.1, 0.15) is 55.3 Å². The molecule has 27 heavy (non-hydrogen) atoms. The van der Waals surface area contributed by atoms with Gasteiger partial charge in [-0.3, -0.25) is 9.59 Å². The Morgan fingerprint density at radius 2 is 1.63 bits per heavy atom. The summed E-state index contributed by atoms with van der Waals surface area (Å²) < 4.78 is 5.31. The van der Waals surface area contributed by atoms with E-state index in [1.54, 1.807) is 24.3 Å². The maximum Gasteiger partial charge on any atom is 0.251 e. The maximum absolute atomic E-state index is 12.3. The largest absolute Gasteiger partial charge is 0.381 e. The topological polar surface area (TPSA) is 93.5 Å². The van der Waals surface area contributed by atoms with Crippen LogP contribution in [0.3, 0.4) is 0 Å². The van der Waals surface area contributed by atoms with Crippen molar-refractivity contribution in [2.75, 3.05) is 18.5 Å². The van der Waals surface area contributed by atoms with Gasteiger partial charge >= 0.3 is 0 Å². The van der Waals surface area contributed by atoms with Crippen molar-refractivity contribution in [1.82, 2.24) is 5.32 Å². The predicted molar refractivity (Wildman–Crippen MR) is 108 cm³/mol. The molecule has 1 unspecified atom stereocenters. The van der Waals surface area contributed by atoms with E-state index in [4.69, 9.17) is 10.5 Å². The molecule has 0 aromatic heterocycles. The van der Waals surface area contributed by atoms with E-state index in [-0.39, 0.29) is 36.2 Å². The zero-order chi connectivity index (χ0) is 18.4. The van der Waals surface area contributed by atoms with Gasteiger partial charge in [0.25, 0.3) is 5.91 Å². The molecule has 2 fully saturated rings. The molecule has 1 aromatic carbocycles. The number of hydrogen-bond donors (Lipinski definition) is 3. The van der Waals surface area contributed by atoms with Gasteiger partial charge < -0.3 is 21.1 Å². The van der Waals surface area contributed by atoms with Crippen LogP contribution in [0.2, 0.25) is 0 Å². The average molecular weight is 396 g/mol. The van der Waals surface area contributed by atoms with Gasteiger partial charge in [-0.25, -0.2) is 0 Å². The highest BCUT2D eigenvalue weighted by Gasteiger charge is 2.26. The van der Waals surface area contributed by atoms with Gasteiger partial charge in [0.15, 0.2) is 0 Å². The maximum atomic E-state index is 12.3. The second kappa shape index (κ2) is 10.6. The summed E-state index contributed by atoms with van der Waals surface area (Å²) in [5.41, 5.74) is 7.36. The summed E-state index contributed by atoms with van der Waals surface area (Å²) in [6, 6.07) is 6.75. The number of halogens is 1. The van der Waals surface area contributed by atoms with Gasteiger partial charge in [-0.05, 0) is 55.9 Å². The highest BCUT2D eigenvalue weighted by atomic mass is 35.5. The normalized spacial score (nSPS) is 19.6. The minimum absolute atomic E-state index is 0. The lowest BCUT2D eigenvalue weighted by Crippen LogP contribution is -2.44. The SMILES string of the molecule is Cl.NC(C(=O)Nc1ccc(C(=O)NC2CCCCC2)cc1)C1CCOCC1. The lowest BCUT2D eigenvalue weighted by Gasteiger charge is -2.26. The van der Waals surface area contributed by atoms with E-state index >= 15 is 0 Å². The minimum atomic E-state index is -0.534. The fourth-order valence-corrected chi connectivity index (χ4v) is 3.74. The number of rotatable bonds is 5. The molecule has 0 bridgehead atoms. The van der Waals surface area contributed by atoms with Crippen LogP contribution in [-0.2, 0) is 9.53 Å². The molecular weight excluding hydrogens is 366 g/mol. The van der Waals surface area contributed by atoms with Gasteiger partial charge in [0.1, 0.15) is 0 Å². The van der Waals surface area contributed by atoms with E-state index in [0.29, 0.717) is 24.5 Å². The molecular formula is C20H30ClN3O3. The number of ether oxygens (including phenoxy) is 1. The monoisotopic (exact) mass is 395 g/mol. The van der Waals surface area contributed by atoms with E-state index in [1.165, 1.54) is 19.3 Å². The van der Waals surface area contributed by atoms with E-state index in [1.807, 2.05) is 0 Å².